The van der Waals surface area contributed by atoms with Crippen LogP contribution in [0.2, 0.25) is 0 Å². The first kappa shape index (κ1) is 9.95. The number of nitrogens with zero attached hydrogens (tertiary/aromatic N) is 3. The molecule has 1 aliphatic heterocycles. The van der Waals surface area contributed by atoms with E-state index < -0.39 is 0 Å². The average Bonchev–Trinajstić information content (AvgIpc) is 2.95. The summed E-state index contributed by atoms with van der Waals surface area (Å²) in [5.74, 6) is 0. The van der Waals surface area contributed by atoms with Gasteiger partial charge in [-0.15, -0.1) is 0 Å². The Morgan fingerprint density at radius 1 is 1.36 bits per heavy atom. The van der Waals surface area contributed by atoms with Crippen molar-refractivity contribution in [3.63, 3.8) is 0 Å². The largest absolute Gasteiger partial charge is 0.301 e. The number of hydrogen-bond donors (Lipinski definition) is 0. The van der Waals surface area contributed by atoms with E-state index in [2.05, 4.69) is 22.9 Å². The van der Waals surface area contributed by atoms with Gasteiger partial charge < -0.3 is 4.90 Å². The molecule has 0 amide bonds. The van der Waals surface area contributed by atoms with Crippen LogP contribution in [0.1, 0.15) is 25.7 Å². The highest BCUT2D eigenvalue weighted by Crippen LogP contribution is 2.28. The molecule has 2 aliphatic rings. The van der Waals surface area contributed by atoms with E-state index >= 15 is 0 Å². The fourth-order valence-electron chi connectivity index (χ4n) is 2.30. The van der Waals surface area contributed by atoms with E-state index in [9.17, 15) is 0 Å². The Morgan fingerprint density at radius 3 is 2.79 bits per heavy atom. The lowest BCUT2D eigenvalue weighted by Gasteiger charge is -2.26. The predicted molar refractivity (Wildman–Crippen MR) is 55.9 cm³/mol. The molecular weight excluding hydrogens is 174 g/mol. The van der Waals surface area contributed by atoms with Crippen molar-refractivity contribution in [3.05, 3.63) is 0 Å². The molecule has 0 aromatic rings. The van der Waals surface area contributed by atoms with Crippen LogP contribution in [0.5, 0.6) is 0 Å². The van der Waals surface area contributed by atoms with Crippen molar-refractivity contribution in [1.29, 1.82) is 5.26 Å². The second-order valence-corrected chi connectivity index (χ2v) is 4.58. The zero-order valence-corrected chi connectivity index (χ0v) is 8.95. The van der Waals surface area contributed by atoms with E-state index in [0.717, 1.165) is 19.1 Å². The first-order valence-electron chi connectivity index (χ1n) is 5.62. The first-order valence-corrected chi connectivity index (χ1v) is 5.62. The van der Waals surface area contributed by atoms with Gasteiger partial charge in [0.15, 0.2) is 0 Å². The van der Waals surface area contributed by atoms with Gasteiger partial charge in [-0.25, -0.2) is 0 Å². The fourth-order valence-corrected chi connectivity index (χ4v) is 2.30. The molecular formula is C11H19N3. The Balaban J connectivity index is 1.94. The van der Waals surface area contributed by atoms with Gasteiger partial charge in [-0.1, -0.05) is 0 Å². The van der Waals surface area contributed by atoms with E-state index in [4.69, 9.17) is 5.26 Å². The molecule has 0 radical (unpaired) electrons. The molecule has 0 spiro atoms. The lowest BCUT2D eigenvalue weighted by atomic mass is 10.2. The van der Waals surface area contributed by atoms with Gasteiger partial charge >= 0.3 is 0 Å². The zero-order valence-electron chi connectivity index (χ0n) is 8.95. The Bertz CT molecular complexity index is 229. The molecule has 1 aliphatic carbocycles. The summed E-state index contributed by atoms with van der Waals surface area (Å²) in [5, 5.41) is 8.77. The molecule has 1 saturated heterocycles. The van der Waals surface area contributed by atoms with Crippen molar-refractivity contribution in [2.45, 2.75) is 37.8 Å². The highest BCUT2D eigenvalue weighted by Gasteiger charge is 2.32. The lowest BCUT2D eigenvalue weighted by molar-refractivity contribution is 0.204. The number of hydrogen-bond acceptors (Lipinski definition) is 3. The Hall–Kier alpha value is -0.590. The van der Waals surface area contributed by atoms with Crippen LogP contribution in [0.3, 0.4) is 0 Å². The molecule has 14 heavy (non-hydrogen) atoms. The SMILES string of the molecule is CN1CCCN(C2CC2)CC1CC#N. The molecule has 1 heterocycles. The van der Waals surface area contributed by atoms with Crippen LogP contribution < -0.4 is 0 Å². The van der Waals surface area contributed by atoms with Crippen LogP contribution in [0, 0.1) is 11.3 Å². The molecule has 0 aromatic heterocycles. The third-order valence-electron chi connectivity index (χ3n) is 3.41. The normalized spacial score (nSPS) is 31.0. The monoisotopic (exact) mass is 193 g/mol. The summed E-state index contributed by atoms with van der Waals surface area (Å²) in [6, 6.07) is 3.62. The molecule has 2 rings (SSSR count). The van der Waals surface area contributed by atoms with Gasteiger partial charge in [0.1, 0.15) is 0 Å². The Morgan fingerprint density at radius 2 is 2.14 bits per heavy atom. The minimum absolute atomic E-state index is 0.461. The second kappa shape index (κ2) is 4.29. The maximum absolute atomic E-state index is 8.77. The summed E-state index contributed by atoms with van der Waals surface area (Å²) in [6.45, 7) is 3.49. The molecule has 0 bridgehead atoms. The fraction of sp³-hybridized carbons (Fsp3) is 0.909. The zero-order chi connectivity index (χ0) is 9.97. The van der Waals surface area contributed by atoms with E-state index in [1.165, 1.54) is 25.8 Å². The summed E-state index contributed by atoms with van der Waals surface area (Å²) in [4.78, 5) is 4.94. The van der Waals surface area contributed by atoms with Crippen LogP contribution in [-0.2, 0) is 0 Å². The van der Waals surface area contributed by atoms with E-state index in [1.807, 2.05) is 0 Å². The van der Waals surface area contributed by atoms with Crippen molar-refractivity contribution < 1.29 is 0 Å². The number of nitriles is 1. The van der Waals surface area contributed by atoms with E-state index in [-0.39, 0.29) is 0 Å². The molecule has 0 aromatic carbocycles. The second-order valence-electron chi connectivity index (χ2n) is 4.58. The summed E-state index contributed by atoms with van der Waals surface area (Å²) >= 11 is 0. The molecule has 1 atom stereocenters. The van der Waals surface area contributed by atoms with Crippen molar-refractivity contribution in [2.75, 3.05) is 26.7 Å². The van der Waals surface area contributed by atoms with Crippen LogP contribution >= 0.6 is 0 Å². The van der Waals surface area contributed by atoms with Gasteiger partial charge in [-0.2, -0.15) is 5.26 Å². The van der Waals surface area contributed by atoms with Crippen LogP contribution in [0.25, 0.3) is 0 Å². The third-order valence-corrected chi connectivity index (χ3v) is 3.41. The summed E-state index contributed by atoms with van der Waals surface area (Å²) < 4.78 is 0. The van der Waals surface area contributed by atoms with Gasteiger partial charge in [-0.3, -0.25) is 4.90 Å². The number of likely N-dealkylation sites (N-methyl/N-ethyl adjacent to an activating group) is 1. The van der Waals surface area contributed by atoms with Crippen LogP contribution in [-0.4, -0.2) is 48.6 Å². The van der Waals surface area contributed by atoms with Crippen molar-refractivity contribution in [1.82, 2.24) is 9.80 Å². The quantitative estimate of drug-likeness (QED) is 0.657. The van der Waals surface area contributed by atoms with Crippen molar-refractivity contribution in [3.8, 4) is 6.07 Å². The average molecular weight is 193 g/mol. The Labute approximate surface area is 86.3 Å². The maximum atomic E-state index is 8.77. The maximum Gasteiger partial charge on any atom is 0.0638 e. The summed E-state index contributed by atoms with van der Waals surface area (Å²) in [7, 11) is 2.15. The molecule has 2 fully saturated rings. The topological polar surface area (TPSA) is 30.3 Å². The highest BCUT2D eigenvalue weighted by atomic mass is 15.3. The van der Waals surface area contributed by atoms with Crippen LogP contribution in [0.15, 0.2) is 0 Å². The summed E-state index contributed by atoms with van der Waals surface area (Å²) in [5.41, 5.74) is 0. The first-order chi connectivity index (χ1) is 6.81. The lowest BCUT2D eigenvalue weighted by Crippen LogP contribution is -2.39. The van der Waals surface area contributed by atoms with Crippen molar-refractivity contribution >= 4 is 0 Å². The minimum atomic E-state index is 0.461. The number of rotatable bonds is 2. The van der Waals surface area contributed by atoms with Gasteiger partial charge in [0.2, 0.25) is 0 Å². The molecule has 3 nitrogen and oxygen atoms in total. The van der Waals surface area contributed by atoms with E-state index in [0.29, 0.717) is 12.5 Å². The Kier molecular flexibility index (Phi) is 3.05. The molecule has 3 heteroatoms. The third kappa shape index (κ3) is 2.26. The minimum Gasteiger partial charge on any atom is -0.301 e. The van der Waals surface area contributed by atoms with Gasteiger partial charge in [0.25, 0.3) is 0 Å². The highest BCUT2D eigenvalue weighted by molar-refractivity contribution is 4.92. The molecule has 78 valence electrons. The smallest absolute Gasteiger partial charge is 0.0638 e. The molecule has 0 N–H and O–H groups in total. The molecule has 1 saturated carbocycles. The molecule has 1 unspecified atom stereocenters. The van der Waals surface area contributed by atoms with Crippen molar-refractivity contribution in [2.24, 2.45) is 0 Å². The van der Waals surface area contributed by atoms with E-state index in [1.54, 1.807) is 0 Å². The van der Waals surface area contributed by atoms with Gasteiger partial charge in [-0.05, 0) is 39.4 Å². The van der Waals surface area contributed by atoms with Gasteiger partial charge in [0, 0.05) is 18.6 Å². The predicted octanol–water partition coefficient (Wildman–Crippen LogP) is 1.07. The summed E-state index contributed by atoms with van der Waals surface area (Å²) in [6.07, 6.45) is 4.70. The standard InChI is InChI=1S/C11H19N3/c1-13-7-2-8-14(10-3-4-10)9-11(13)5-6-12/h10-11H,2-5,7-9H2,1H3. The van der Waals surface area contributed by atoms with Gasteiger partial charge in [0.05, 0.1) is 12.5 Å². The van der Waals surface area contributed by atoms with Crippen LogP contribution in [0.4, 0.5) is 0 Å².